The third-order valence-corrected chi connectivity index (χ3v) is 2.68. The molecule has 0 aliphatic rings. The maximum absolute atomic E-state index is 5.75. The molecule has 1 aromatic rings. The van der Waals surface area contributed by atoms with E-state index in [-0.39, 0.29) is 0 Å². The number of nitrogens with one attached hydrogen (secondary N) is 1. The van der Waals surface area contributed by atoms with Gasteiger partial charge in [-0.15, -0.1) is 0 Å². The van der Waals surface area contributed by atoms with Gasteiger partial charge in [-0.05, 0) is 30.5 Å². The zero-order valence-corrected chi connectivity index (χ0v) is 9.75. The number of anilines is 3. The second kappa shape index (κ2) is 4.91. The first-order valence-corrected chi connectivity index (χ1v) is 5.46. The summed E-state index contributed by atoms with van der Waals surface area (Å²) in [4.78, 5) is 0. The number of rotatable bonds is 4. The van der Waals surface area contributed by atoms with Crippen LogP contribution in [0.5, 0.6) is 0 Å². The maximum Gasteiger partial charge on any atom is 0.0568 e. The van der Waals surface area contributed by atoms with Crippen LogP contribution in [0, 0.1) is 5.92 Å². The largest absolute Gasteiger partial charge is 0.397 e. The lowest BCUT2D eigenvalue weighted by molar-refractivity contribution is 0.511. The van der Waals surface area contributed by atoms with E-state index in [1.165, 1.54) is 0 Å². The highest BCUT2D eigenvalue weighted by atomic mass is 14.9. The molecular formula is C12H21N3. The van der Waals surface area contributed by atoms with E-state index >= 15 is 0 Å². The van der Waals surface area contributed by atoms with Gasteiger partial charge in [0, 0.05) is 11.7 Å². The molecule has 3 nitrogen and oxygen atoms in total. The Balaban J connectivity index is 2.75. The summed E-state index contributed by atoms with van der Waals surface area (Å²) < 4.78 is 0. The lowest BCUT2D eigenvalue weighted by atomic mass is 10.0. The highest BCUT2D eigenvalue weighted by Crippen LogP contribution is 2.22. The highest BCUT2D eigenvalue weighted by molar-refractivity contribution is 5.69. The molecule has 5 N–H and O–H groups in total. The van der Waals surface area contributed by atoms with Crippen molar-refractivity contribution in [3.05, 3.63) is 18.2 Å². The van der Waals surface area contributed by atoms with Gasteiger partial charge < -0.3 is 16.8 Å². The van der Waals surface area contributed by atoms with E-state index in [1.54, 1.807) is 0 Å². The fourth-order valence-electron chi connectivity index (χ4n) is 1.62. The van der Waals surface area contributed by atoms with Gasteiger partial charge >= 0.3 is 0 Å². The Morgan fingerprint density at radius 2 is 1.87 bits per heavy atom. The zero-order chi connectivity index (χ0) is 11.4. The van der Waals surface area contributed by atoms with Crippen LogP contribution in [-0.4, -0.2) is 6.04 Å². The first kappa shape index (κ1) is 11.7. The quantitative estimate of drug-likeness (QED) is 0.665. The second-order valence-electron chi connectivity index (χ2n) is 4.25. The van der Waals surface area contributed by atoms with Gasteiger partial charge in [-0.2, -0.15) is 0 Å². The topological polar surface area (TPSA) is 64.1 Å². The third kappa shape index (κ3) is 3.05. The summed E-state index contributed by atoms with van der Waals surface area (Å²) >= 11 is 0. The molecule has 0 saturated carbocycles. The molecule has 1 aromatic carbocycles. The maximum atomic E-state index is 5.75. The Morgan fingerprint density at radius 3 is 2.33 bits per heavy atom. The molecule has 0 aliphatic carbocycles. The molecule has 0 heterocycles. The van der Waals surface area contributed by atoms with Gasteiger partial charge in [-0.25, -0.2) is 0 Å². The molecule has 0 aliphatic heterocycles. The van der Waals surface area contributed by atoms with Gasteiger partial charge in [-0.3, -0.25) is 0 Å². The molecule has 0 bridgehead atoms. The third-order valence-electron chi connectivity index (χ3n) is 2.68. The Bertz CT molecular complexity index is 321. The van der Waals surface area contributed by atoms with Crippen molar-refractivity contribution in [1.29, 1.82) is 0 Å². The lowest BCUT2D eigenvalue weighted by Gasteiger charge is -2.22. The molecule has 0 fully saturated rings. The van der Waals surface area contributed by atoms with Crippen LogP contribution in [0.2, 0.25) is 0 Å². The van der Waals surface area contributed by atoms with Gasteiger partial charge in [-0.1, -0.05) is 20.8 Å². The fourth-order valence-corrected chi connectivity index (χ4v) is 1.62. The minimum Gasteiger partial charge on any atom is -0.397 e. The van der Waals surface area contributed by atoms with E-state index in [1.807, 2.05) is 18.2 Å². The predicted molar refractivity (Wildman–Crippen MR) is 67.8 cm³/mol. The van der Waals surface area contributed by atoms with Crippen molar-refractivity contribution in [3.8, 4) is 0 Å². The van der Waals surface area contributed by atoms with Crippen LogP contribution >= 0.6 is 0 Å². The molecule has 0 amide bonds. The highest BCUT2D eigenvalue weighted by Gasteiger charge is 2.10. The van der Waals surface area contributed by atoms with E-state index in [4.69, 9.17) is 11.5 Å². The molecule has 1 atom stereocenters. The van der Waals surface area contributed by atoms with Crippen molar-refractivity contribution in [3.63, 3.8) is 0 Å². The van der Waals surface area contributed by atoms with Crippen LogP contribution in [0.15, 0.2) is 18.2 Å². The summed E-state index contributed by atoms with van der Waals surface area (Å²) in [6.07, 6.45) is 1.10. The van der Waals surface area contributed by atoms with E-state index in [2.05, 4.69) is 26.1 Å². The summed E-state index contributed by atoms with van der Waals surface area (Å²) in [6.45, 7) is 6.60. The Labute approximate surface area is 91.9 Å². The molecule has 1 rings (SSSR count). The average molecular weight is 207 g/mol. The molecule has 0 aromatic heterocycles. The molecule has 0 spiro atoms. The van der Waals surface area contributed by atoms with E-state index in [9.17, 15) is 0 Å². The molecule has 0 saturated heterocycles. The molecule has 84 valence electrons. The number of hydrogen-bond donors (Lipinski definition) is 3. The number of nitrogens with two attached hydrogens (primary N) is 2. The summed E-state index contributed by atoms with van der Waals surface area (Å²) in [5.74, 6) is 0.605. The summed E-state index contributed by atoms with van der Waals surface area (Å²) in [6, 6.07) is 6.18. The van der Waals surface area contributed by atoms with Crippen molar-refractivity contribution in [2.45, 2.75) is 33.2 Å². The Kier molecular flexibility index (Phi) is 3.83. The first-order valence-electron chi connectivity index (χ1n) is 5.46. The SMILES string of the molecule is CCC(Nc1ccc(N)c(N)c1)C(C)C. The Morgan fingerprint density at radius 1 is 1.20 bits per heavy atom. The second-order valence-corrected chi connectivity index (χ2v) is 4.25. The molecule has 0 radical (unpaired) electrons. The van der Waals surface area contributed by atoms with Crippen LogP contribution in [0.3, 0.4) is 0 Å². The molecule has 3 heteroatoms. The number of hydrogen-bond acceptors (Lipinski definition) is 3. The predicted octanol–water partition coefficient (Wildman–Crippen LogP) is 2.70. The van der Waals surface area contributed by atoms with Crippen molar-refractivity contribution in [2.24, 2.45) is 5.92 Å². The van der Waals surface area contributed by atoms with Gasteiger partial charge in [0.25, 0.3) is 0 Å². The monoisotopic (exact) mass is 207 g/mol. The van der Waals surface area contributed by atoms with Gasteiger partial charge in [0.1, 0.15) is 0 Å². The fraction of sp³-hybridized carbons (Fsp3) is 0.500. The standard InChI is InChI=1S/C12H21N3/c1-4-12(8(2)3)15-9-5-6-10(13)11(14)7-9/h5-8,12,15H,4,13-14H2,1-3H3. The van der Waals surface area contributed by atoms with Crippen LogP contribution in [0.25, 0.3) is 0 Å². The van der Waals surface area contributed by atoms with Gasteiger partial charge in [0.2, 0.25) is 0 Å². The van der Waals surface area contributed by atoms with E-state index < -0.39 is 0 Å². The molecule has 1 unspecified atom stereocenters. The van der Waals surface area contributed by atoms with Gasteiger partial charge in [0.05, 0.1) is 11.4 Å². The normalized spacial score (nSPS) is 12.8. The number of nitrogen functional groups attached to an aromatic ring is 2. The van der Waals surface area contributed by atoms with Crippen molar-refractivity contribution in [2.75, 3.05) is 16.8 Å². The van der Waals surface area contributed by atoms with Crippen molar-refractivity contribution in [1.82, 2.24) is 0 Å². The first-order chi connectivity index (χ1) is 7.04. The average Bonchev–Trinajstić information content (AvgIpc) is 2.19. The lowest BCUT2D eigenvalue weighted by Crippen LogP contribution is -2.24. The summed E-state index contributed by atoms with van der Waals surface area (Å²) in [7, 11) is 0. The van der Waals surface area contributed by atoms with E-state index in [0.29, 0.717) is 23.3 Å². The zero-order valence-electron chi connectivity index (χ0n) is 9.75. The number of benzene rings is 1. The van der Waals surface area contributed by atoms with Gasteiger partial charge in [0.15, 0.2) is 0 Å². The molecular weight excluding hydrogens is 186 g/mol. The Hall–Kier alpha value is -1.38. The van der Waals surface area contributed by atoms with Crippen LogP contribution in [0.1, 0.15) is 27.2 Å². The van der Waals surface area contributed by atoms with Crippen LogP contribution < -0.4 is 16.8 Å². The summed E-state index contributed by atoms with van der Waals surface area (Å²) in [5.41, 5.74) is 13.7. The summed E-state index contributed by atoms with van der Waals surface area (Å²) in [5, 5.41) is 3.46. The minimum absolute atomic E-state index is 0.480. The van der Waals surface area contributed by atoms with Crippen LogP contribution in [-0.2, 0) is 0 Å². The van der Waals surface area contributed by atoms with E-state index in [0.717, 1.165) is 12.1 Å². The smallest absolute Gasteiger partial charge is 0.0568 e. The van der Waals surface area contributed by atoms with Crippen molar-refractivity contribution >= 4 is 17.1 Å². The molecule has 15 heavy (non-hydrogen) atoms. The minimum atomic E-state index is 0.480. The van der Waals surface area contributed by atoms with Crippen molar-refractivity contribution < 1.29 is 0 Å². The van der Waals surface area contributed by atoms with Crippen LogP contribution in [0.4, 0.5) is 17.1 Å².